The van der Waals surface area contributed by atoms with Gasteiger partial charge in [0.05, 0.1) is 29.7 Å². The Kier molecular flexibility index (Phi) is 6.07. The van der Waals surface area contributed by atoms with E-state index in [0.717, 1.165) is 29.6 Å². The number of nitrogens with one attached hydrogen (secondary N) is 3. The Balaban J connectivity index is 1.54. The lowest BCUT2D eigenvalue weighted by molar-refractivity contribution is -0.120. The minimum Gasteiger partial charge on any atom is -0.353 e. The number of benzene rings is 3. The van der Waals surface area contributed by atoms with Crippen molar-refractivity contribution < 1.29 is 4.79 Å². The van der Waals surface area contributed by atoms with Crippen LogP contribution in [0.3, 0.4) is 0 Å². The van der Waals surface area contributed by atoms with Crippen molar-refractivity contribution in [2.45, 2.75) is 38.9 Å². The monoisotopic (exact) mass is 453 g/mol. The van der Waals surface area contributed by atoms with Gasteiger partial charge in [0.15, 0.2) is 0 Å². The predicted octanol–water partition coefficient (Wildman–Crippen LogP) is 3.46. The van der Waals surface area contributed by atoms with Crippen LogP contribution in [0, 0.1) is 19.3 Å². The quantitative estimate of drug-likeness (QED) is 0.357. The number of aromatic nitrogens is 2. The second kappa shape index (κ2) is 9.31. The van der Waals surface area contributed by atoms with Gasteiger partial charge in [0.25, 0.3) is 0 Å². The molecule has 0 spiro atoms. The summed E-state index contributed by atoms with van der Waals surface area (Å²) in [7, 11) is 0. The summed E-state index contributed by atoms with van der Waals surface area (Å²) < 4.78 is 4.15. The fourth-order valence-electron chi connectivity index (χ4n) is 4.50. The molecule has 174 valence electrons. The van der Waals surface area contributed by atoms with Crippen molar-refractivity contribution in [1.82, 2.24) is 19.8 Å². The number of carbonyl (C=O) groups is 1. The topological polar surface area (TPSA) is 84.8 Å². The fourth-order valence-corrected chi connectivity index (χ4v) is 4.50. The van der Waals surface area contributed by atoms with Gasteiger partial charge in [0, 0.05) is 13.1 Å². The number of para-hydroxylation sites is 2. The smallest absolute Gasteiger partial charge is 0.238 e. The van der Waals surface area contributed by atoms with Crippen LogP contribution in [0.15, 0.2) is 72.8 Å². The van der Waals surface area contributed by atoms with Gasteiger partial charge in [0.2, 0.25) is 11.5 Å². The molecule has 1 saturated heterocycles. The Morgan fingerprint density at radius 2 is 1.56 bits per heavy atom. The van der Waals surface area contributed by atoms with E-state index in [1.165, 1.54) is 16.7 Å². The van der Waals surface area contributed by atoms with Crippen LogP contribution in [0.25, 0.3) is 11.0 Å². The van der Waals surface area contributed by atoms with Crippen molar-refractivity contribution in [3.05, 3.63) is 101 Å². The summed E-state index contributed by atoms with van der Waals surface area (Å²) in [6, 6.07) is 25.0. The van der Waals surface area contributed by atoms with Gasteiger partial charge in [-0.05, 0) is 43.5 Å². The molecule has 3 N–H and O–H groups in total. The highest BCUT2D eigenvalue weighted by Gasteiger charge is 2.29. The molecule has 4 aromatic rings. The Bertz CT molecular complexity index is 1360. The number of hydrogen-bond donors (Lipinski definition) is 3. The van der Waals surface area contributed by atoms with Gasteiger partial charge in [-0.1, -0.05) is 71.8 Å². The van der Waals surface area contributed by atoms with Gasteiger partial charge in [-0.15, -0.1) is 0 Å². The van der Waals surface area contributed by atoms with Crippen molar-refractivity contribution in [1.29, 1.82) is 5.41 Å². The zero-order valence-electron chi connectivity index (χ0n) is 19.7. The van der Waals surface area contributed by atoms with Crippen LogP contribution in [-0.2, 0) is 17.8 Å². The van der Waals surface area contributed by atoms with Crippen LogP contribution < -0.4 is 16.3 Å². The molecule has 5 rings (SSSR count). The molecule has 1 aliphatic rings. The number of imidazole rings is 1. The van der Waals surface area contributed by atoms with E-state index in [2.05, 4.69) is 94.3 Å². The summed E-state index contributed by atoms with van der Waals surface area (Å²) in [5.41, 5.74) is 7.27. The molecule has 2 atom stereocenters. The minimum atomic E-state index is -0.0814. The molecule has 34 heavy (non-hydrogen) atoms. The average molecular weight is 454 g/mol. The lowest BCUT2D eigenvalue weighted by Gasteiger charge is -2.21. The third-order valence-corrected chi connectivity index (χ3v) is 6.57. The van der Waals surface area contributed by atoms with E-state index in [1.54, 1.807) is 0 Å². The maximum Gasteiger partial charge on any atom is 0.238 e. The summed E-state index contributed by atoms with van der Waals surface area (Å²) in [5.74, 6) is 0.0319. The average Bonchev–Trinajstić information content (AvgIpc) is 3.66. The largest absolute Gasteiger partial charge is 0.353 e. The van der Waals surface area contributed by atoms with Crippen LogP contribution in [0.2, 0.25) is 0 Å². The summed E-state index contributed by atoms with van der Waals surface area (Å²) in [5, 5.41) is 15.4. The number of aryl methyl sites for hydroxylation is 2. The molecule has 1 amide bonds. The van der Waals surface area contributed by atoms with Gasteiger partial charge < -0.3 is 19.8 Å². The molecular weight excluding hydrogens is 422 g/mol. The first kappa shape index (κ1) is 22.2. The van der Waals surface area contributed by atoms with E-state index in [0.29, 0.717) is 18.7 Å². The van der Waals surface area contributed by atoms with Gasteiger partial charge in [0.1, 0.15) is 0 Å². The normalized spacial score (nSPS) is 15.9. The number of nitrogens with zero attached hydrogens (tertiary/aromatic N) is 2. The van der Waals surface area contributed by atoms with Crippen molar-refractivity contribution in [3.8, 4) is 0 Å². The summed E-state index contributed by atoms with van der Waals surface area (Å²) in [6.07, 6.45) is 0.730. The Morgan fingerprint density at radius 3 is 2.18 bits per heavy atom. The van der Waals surface area contributed by atoms with Crippen LogP contribution >= 0.6 is 0 Å². The van der Waals surface area contributed by atoms with Gasteiger partial charge >= 0.3 is 0 Å². The molecule has 1 aromatic heterocycles. The summed E-state index contributed by atoms with van der Waals surface area (Å²) in [6.45, 7) is 6.00. The lowest BCUT2D eigenvalue weighted by Crippen LogP contribution is -2.38. The number of hydrogen-bond acceptors (Lipinski definition) is 3. The molecule has 0 aliphatic carbocycles. The zero-order valence-corrected chi connectivity index (χ0v) is 19.7. The molecule has 1 fully saturated rings. The minimum absolute atomic E-state index is 0.0319. The van der Waals surface area contributed by atoms with Crippen molar-refractivity contribution in [2.24, 2.45) is 0 Å². The summed E-state index contributed by atoms with van der Waals surface area (Å²) in [4.78, 5) is 12.4. The predicted molar refractivity (Wildman–Crippen MR) is 135 cm³/mol. The molecule has 0 saturated carbocycles. The van der Waals surface area contributed by atoms with Gasteiger partial charge in [-0.3, -0.25) is 10.2 Å². The van der Waals surface area contributed by atoms with Gasteiger partial charge in [-0.2, -0.15) is 0 Å². The Morgan fingerprint density at radius 1 is 0.971 bits per heavy atom. The maximum absolute atomic E-state index is 12.4. The highest BCUT2D eigenvalue weighted by atomic mass is 16.2. The summed E-state index contributed by atoms with van der Waals surface area (Å²) >= 11 is 0. The van der Waals surface area contributed by atoms with Crippen molar-refractivity contribution in [2.75, 3.05) is 13.1 Å². The molecule has 1 aliphatic heterocycles. The first-order valence-electron chi connectivity index (χ1n) is 11.9. The van der Waals surface area contributed by atoms with E-state index < -0.39 is 0 Å². The first-order valence-corrected chi connectivity index (χ1v) is 11.9. The van der Waals surface area contributed by atoms with Crippen LogP contribution in [0.5, 0.6) is 0 Å². The molecule has 6 heteroatoms. The molecule has 2 heterocycles. The van der Waals surface area contributed by atoms with E-state index in [9.17, 15) is 10.2 Å². The Hall–Kier alpha value is -3.64. The first-order chi connectivity index (χ1) is 16.5. The second-order valence-corrected chi connectivity index (χ2v) is 9.30. The molecule has 3 aromatic carbocycles. The molecule has 0 radical (unpaired) electrons. The number of fused-ring (bicyclic) bond motifs is 1. The Labute approximate surface area is 199 Å². The van der Waals surface area contributed by atoms with E-state index >= 15 is 0 Å². The van der Waals surface area contributed by atoms with E-state index in [-0.39, 0.29) is 18.0 Å². The molecule has 6 nitrogen and oxygen atoms in total. The highest BCUT2D eigenvalue weighted by molar-refractivity contribution is 5.84. The standard InChI is InChI=1S/C28H31N5O/c1-19-7-11-21(12-8-19)15-23(16-31-27(34)24-17-30-24)33-26-6-4-3-5-25(26)32(28(33)29)18-22-13-9-20(2)10-14-22/h3-14,23-24,29-30H,15-18H2,1-2H3,(H,31,34)/t23-,24?/m0/s1. The fraction of sp³-hybridized carbons (Fsp3) is 0.286. The van der Waals surface area contributed by atoms with E-state index in [4.69, 9.17) is 0 Å². The SMILES string of the molecule is Cc1ccc(C[C@@H](CNC(=O)C2CN2)n2c(=N)n(Cc3ccc(C)cc3)c3ccccc32)cc1. The second-order valence-electron chi connectivity index (χ2n) is 9.30. The molecular formula is C28H31N5O. The van der Waals surface area contributed by atoms with Crippen molar-refractivity contribution >= 4 is 16.9 Å². The van der Waals surface area contributed by atoms with Crippen LogP contribution in [-0.4, -0.2) is 34.2 Å². The highest BCUT2D eigenvalue weighted by Crippen LogP contribution is 2.22. The third-order valence-electron chi connectivity index (χ3n) is 6.57. The lowest BCUT2D eigenvalue weighted by atomic mass is 10.0. The van der Waals surface area contributed by atoms with E-state index in [1.807, 2.05) is 12.1 Å². The van der Waals surface area contributed by atoms with Gasteiger partial charge in [-0.25, -0.2) is 0 Å². The zero-order chi connectivity index (χ0) is 23.7. The third kappa shape index (κ3) is 4.68. The van der Waals surface area contributed by atoms with Crippen LogP contribution in [0.1, 0.15) is 28.3 Å². The number of rotatable bonds is 8. The number of carbonyl (C=O) groups excluding carboxylic acids is 1. The van der Waals surface area contributed by atoms with Crippen LogP contribution in [0.4, 0.5) is 0 Å². The maximum atomic E-state index is 12.4. The molecule has 1 unspecified atom stereocenters. The van der Waals surface area contributed by atoms with Crippen molar-refractivity contribution in [3.63, 3.8) is 0 Å². The number of amides is 1. The molecule has 0 bridgehead atoms.